The van der Waals surface area contributed by atoms with Gasteiger partial charge in [0, 0.05) is 32.3 Å². The topological polar surface area (TPSA) is 29.8 Å². The molecule has 0 bridgehead atoms. The number of methoxy groups -OCH3 is 1. The highest BCUT2D eigenvalue weighted by Gasteiger charge is 2.26. The second-order valence-corrected chi connectivity index (χ2v) is 5.27. The molecular formula is C14H18ClN3O. The first kappa shape index (κ1) is 12.8. The number of aromatic nitrogens is 2. The summed E-state index contributed by atoms with van der Waals surface area (Å²) in [5.74, 6) is 2.10. The summed E-state index contributed by atoms with van der Waals surface area (Å²) in [7, 11) is 1.76. The second kappa shape index (κ2) is 5.39. The highest BCUT2D eigenvalue weighted by Crippen LogP contribution is 2.28. The Kier molecular flexibility index (Phi) is 3.62. The molecule has 2 aromatic heterocycles. The number of hydrogen-bond donors (Lipinski definition) is 0. The fourth-order valence-corrected chi connectivity index (χ4v) is 3.06. The van der Waals surface area contributed by atoms with E-state index in [1.807, 2.05) is 24.4 Å². The van der Waals surface area contributed by atoms with Gasteiger partial charge in [-0.3, -0.25) is 0 Å². The van der Waals surface area contributed by atoms with E-state index in [0.717, 1.165) is 43.3 Å². The van der Waals surface area contributed by atoms with Crippen molar-refractivity contribution in [3.8, 4) is 0 Å². The van der Waals surface area contributed by atoms with Crippen LogP contribution in [0.5, 0.6) is 0 Å². The van der Waals surface area contributed by atoms with Crippen LogP contribution in [0.4, 0.5) is 5.82 Å². The van der Waals surface area contributed by atoms with Crippen molar-refractivity contribution in [2.45, 2.75) is 12.3 Å². The second-order valence-electron chi connectivity index (χ2n) is 5.00. The lowest BCUT2D eigenvalue weighted by Crippen LogP contribution is -2.22. The summed E-state index contributed by atoms with van der Waals surface area (Å²) in [4.78, 5) is 7.05. The summed E-state index contributed by atoms with van der Waals surface area (Å²) < 4.78 is 7.32. The molecule has 102 valence electrons. The molecule has 1 atom stereocenters. The first-order chi connectivity index (χ1) is 9.33. The molecule has 1 aliphatic heterocycles. The smallest absolute Gasteiger partial charge is 0.152 e. The number of alkyl halides is 1. The Morgan fingerprint density at radius 1 is 1.47 bits per heavy atom. The van der Waals surface area contributed by atoms with Gasteiger partial charge in [0.25, 0.3) is 0 Å². The van der Waals surface area contributed by atoms with Crippen molar-refractivity contribution >= 4 is 23.1 Å². The third-order valence-electron chi connectivity index (χ3n) is 3.72. The average Bonchev–Trinajstić information content (AvgIpc) is 3.02. The monoisotopic (exact) mass is 279 g/mol. The van der Waals surface area contributed by atoms with Gasteiger partial charge in [-0.1, -0.05) is 6.07 Å². The predicted molar refractivity (Wildman–Crippen MR) is 76.9 cm³/mol. The lowest BCUT2D eigenvalue weighted by atomic mass is 10.1. The summed E-state index contributed by atoms with van der Waals surface area (Å²) in [5.41, 5.74) is 2.04. The maximum atomic E-state index is 6.12. The number of anilines is 1. The number of rotatable bonds is 4. The summed E-state index contributed by atoms with van der Waals surface area (Å²) in [6.45, 7) is 2.85. The molecule has 3 rings (SSSR count). The highest BCUT2D eigenvalue weighted by atomic mass is 35.5. The fraction of sp³-hybridized carbons (Fsp3) is 0.500. The molecule has 0 radical (unpaired) electrons. The molecule has 4 nitrogen and oxygen atoms in total. The van der Waals surface area contributed by atoms with Crippen LogP contribution in [-0.2, 0) is 10.6 Å². The van der Waals surface area contributed by atoms with E-state index in [0.29, 0.717) is 11.8 Å². The number of imidazole rings is 1. The Morgan fingerprint density at radius 3 is 3.16 bits per heavy atom. The van der Waals surface area contributed by atoms with Gasteiger partial charge in [-0.15, -0.1) is 11.6 Å². The van der Waals surface area contributed by atoms with E-state index in [9.17, 15) is 0 Å². The van der Waals surface area contributed by atoms with Crippen LogP contribution in [0.1, 0.15) is 12.1 Å². The zero-order valence-electron chi connectivity index (χ0n) is 11.1. The number of fused-ring (bicyclic) bond motifs is 1. The van der Waals surface area contributed by atoms with Gasteiger partial charge >= 0.3 is 0 Å². The first-order valence-electron chi connectivity index (χ1n) is 6.59. The standard InChI is InChI=1S/C14H18ClN3O/c1-19-10-11-5-7-17(9-11)14-12(8-15)18-6-3-2-4-13(18)16-14/h2-4,6,11H,5,7-10H2,1H3. The molecule has 1 fully saturated rings. The minimum atomic E-state index is 0.478. The number of hydrogen-bond acceptors (Lipinski definition) is 3. The van der Waals surface area contributed by atoms with Gasteiger partial charge in [0.1, 0.15) is 5.65 Å². The van der Waals surface area contributed by atoms with Crippen LogP contribution in [0.2, 0.25) is 0 Å². The van der Waals surface area contributed by atoms with Crippen LogP contribution in [0.25, 0.3) is 5.65 Å². The van der Waals surface area contributed by atoms with E-state index in [1.54, 1.807) is 7.11 Å². The van der Waals surface area contributed by atoms with Crippen LogP contribution in [0, 0.1) is 5.92 Å². The quantitative estimate of drug-likeness (QED) is 0.806. The molecule has 0 aromatic carbocycles. The average molecular weight is 280 g/mol. The Morgan fingerprint density at radius 2 is 2.37 bits per heavy atom. The number of ether oxygens (including phenoxy) is 1. The third kappa shape index (κ3) is 2.30. The van der Waals surface area contributed by atoms with E-state index in [1.165, 1.54) is 0 Å². The van der Waals surface area contributed by atoms with Crippen molar-refractivity contribution in [2.75, 3.05) is 31.7 Å². The molecule has 1 aliphatic rings. The van der Waals surface area contributed by atoms with Gasteiger partial charge in [0.15, 0.2) is 5.82 Å². The number of pyridine rings is 1. The molecule has 19 heavy (non-hydrogen) atoms. The molecule has 0 N–H and O–H groups in total. The van der Waals surface area contributed by atoms with Gasteiger partial charge < -0.3 is 14.0 Å². The summed E-state index contributed by atoms with van der Waals surface area (Å²) in [6, 6.07) is 6.02. The molecular weight excluding hydrogens is 262 g/mol. The molecule has 0 saturated carbocycles. The molecule has 0 amide bonds. The lowest BCUT2D eigenvalue weighted by molar-refractivity contribution is 0.161. The van der Waals surface area contributed by atoms with Crippen molar-refractivity contribution in [3.63, 3.8) is 0 Å². The Hall–Kier alpha value is -1.26. The van der Waals surface area contributed by atoms with E-state index in [-0.39, 0.29) is 0 Å². The minimum absolute atomic E-state index is 0.478. The molecule has 5 heteroatoms. The molecule has 1 unspecified atom stereocenters. The Balaban J connectivity index is 1.92. The SMILES string of the molecule is COCC1CCN(c2nc3ccccn3c2CCl)C1. The van der Waals surface area contributed by atoms with Crippen LogP contribution in [0.15, 0.2) is 24.4 Å². The van der Waals surface area contributed by atoms with Gasteiger partial charge in [-0.05, 0) is 18.6 Å². The van der Waals surface area contributed by atoms with Gasteiger partial charge in [-0.25, -0.2) is 4.98 Å². The van der Waals surface area contributed by atoms with Crippen LogP contribution >= 0.6 is 11.6 Å². The first-order valence-corrected chi connectivity index (χ1v) is 7.12. The molecule has 1 saturated heterocycles. The van der Waals surface area contributed by atoms with E-state index < -0.39 is 0 Å². The van der Waals surface area contributed by atoms with E-state index in [4.69, 9.17) is 21.3 Å². The van der Waals surface area contributed by atoms with E-state index >= 15 is 0 Å². The van der Waals surface area contributed by atoms with E-state index in [2.05, 4.69) is 9.30 Å². The summed E-state index contributed by atoms with van der Waals surface area (Å²) >= 11 is 6.12. The van der Waals surface area contributed by atoms with Crippen molar-refractivity contribution in [1.29, 1.82) is 0 Å². The maximum Gasteiger partial charge on any atom is 0.152 e. The zero-order valence-corrected chi connectivity index (χ0v) is 11.8. The third-order valence-corrected chi connectivity index (χ3v) is 3.98. The largest absolute Gasteiger partial charge is 0.384 e. The summed E-state index contributed by atoms with van der Waals surface area (Å²) in [5, 5.41) is 0. The number of halogens is 1. The van der Waals surface area contributed by atoms with Gasteiger partial charge in [0.2, 0.25) is 0 Å². The number of nitrogens with zero attached hydrogens (tertiary/aromatic N) is 3. The molecule has 0 aliphatic carbocycles. The normalized spacial score (nSPS) is 19.5. The summed E-state index contributed by atoms with van der Waals surface area (Å²) in [6.07, 6.45) is 3.18. The van der Waals surface area contributed by atoms with Crippen LogP contribution < -0.4 is 4.90 Å². The van der Waals surface area contributed by atoms with Crippen LogP contribution in [-0.4, -0.2) is 36.2 Å². The molecule has 2 aromatic rings. The predicted octanol–water partition coefficient (Wildman–Crippen LogP) is 2.55. The Bertz CT molecular complexity index is 569. The van der Waals surface area contributed by atoms with Gasteiger partial charge in [0.05, 0.1) is 18.2 Å². The highest BCUT2D eigenvalue weighted by molar-refractivity contribution is 6.17. The Labute approximate surface area is 117 Å². The van der Waals surface area contributed by atoms with Crippen molar-refractivity contribution in [3.05, 3.63) is 30.1 Å². The van der Waals surface area contributed by atoms with Crippen LogP contribution in [0.3, 0.4) is 0 Å². The van der Waals surface area contributed by atoms with Crippen molar-refractivity contribution in [1.82, 2.24) is 9.38 Å². The van der Waals surface area contributed by atoms with Crippen molar-refractivity contribution in [2.24, 2.45) is 5.92 Å². The molecule has 0 spiro atoms. The fourth-order valence-electron chi connectivity index (χ4n) is 2.81. The lowest BCUT2D eigenvalue weighted by Gasteiger charge is -2.17. The van der Waals surface area contributed by atoms with Gasteiger partial charge in [-0.2, -0.15) is 0 Å². The maximum absolute atomic E-state index is 6.12. The minimum Gasteiger partial charge on any atom is -0.384 e. The zero-order chi connectivity index (χ0) is 13.2. The van der Waals surface area contributed by atoms with Crippen molar-refractivity contribution < 1.29 is 4.74 Å². The molecule has 3 heterocycles.